The quantitative estimate of drug-likeness (QED) is 0.500. The number of nitrogens with one attached hydrogen (secondary N) is 2. The number of fused-ring (bicyclic) bond motifs is 1. The van der Waals surface area contributed by atoms with Gasteiger partial charge in [-0.3, -0.25) is 19.4 Å². The molecule has 8 nitrogen and oxygen atoms in total. The highest BCUT2D eigenvalue weighted by molar-refractivity contribution is 6.00. The van der Waals surface area contributed by atoms with Crippen molar-refractivity contribution in [3.63, 3.8) is 0 Å². The highest BCUT2D eigenvalue weighted by atomic mass is 16.5. The number of Topliss-reactive ketones (excluding diaryl/α,β-unsaturated/α-hetero) is 1. The van der Waals surface area contributed by atoms with Crippen LogP contribution < -0.4 is 15.6 Å². The number of carbonyl (C=O) groups excluding carboxylic acids is 1. The van der Waals surface area contributed by atoms with Crippen molar-refractivity contribution in [2.45, 2.75) is 39.7 Å². The number of nitrogens with zero attached hydrogens (tertiary/aromatic N) is 3. The van der Waals surface area contributed by atoms with Crippen LogP contribution in [-0.2, 0) is 4.79 Å². The predicted molar refractivity (Wildman–Crippen MR) is 130 cm³/mol. The molecule has 1 atom stereocenters. The van der Waals surface area contributed by atoms with Crippen LogP contribution in [0.4, 0.5) is 17.2 Å². The molecule has 2 aliphatic rings. The fourth-order valence-electron chi connectivity index (χ4n) is 4.70. The number of ether oxygens (including phenoxy) is 1. The highest BCUT2D eigenvalue weighted by Gasteiger charge is 2.42. The van der Waals surface area contributed by atoms with E-state index in [1.165, 1.54) is 0 Å². The van der Waals surface area contributed by atoms with Crippen molar-refractivity contribution in [3.8, 4) is 5.75 Å². The largest absolute Gasteiger partial charge is 0.497 e. The fourth-order valence-corrected chi connectivity index (χ4v) is 4.70. The summed E-state index contributed by atoms with van der Waals surface area (Å²) in [5.41, 5.74) is 3.77. The zero-order chi connectivity index (χ0) is 24.0. The third-order valence-corrected chi connectivity index (χ3v) is 6.35. The zero-order valence-electron chi connectivity index (χ0n) is 19.7. The molecule has 0 amide bonds. The minimum Gasteiger partial charge on any atom is -0.497 e. The van der Waals surface area contributed by atoms with Crippen LogP contribution in [0.1, 0.15) is 43.9 Å². The van der Waals surface area contributed by atoms with E-state index in [0.29, 0.717) is 29.9 Å². The summed E-state index contributed by atoms with van der Waals surface area (Å²) < 4.78 is 7.00. The summed E-state index contributed by atoms with van der Waals surface area (Å²) in [5.74, 6) is 1.30. The van der Waals surface area contributed by atoms with Gasteiger partial charge in [0.2, 0.25) is 0 Å². The molecule has 5 rings (SSSR count). The maximum Gasteiger partial charge on any atom is 0.294 e. The standard InChI is InChI=1S/C26H27N5O3/c1-15-5-9-17(10-6-15)28-29-22-24-27-19-13-26(2,3)14-20(32)21(19)23(31(24)30-25(22)33)16-7-11-18(34-4)12-8-16/h5-12,23,27H,13-14H2,1-4H3,(H,30,33). The number of allylic oxidation sites excluding steroid dienone is 2. The molecule has 0 spiro atoms. The summed E-state index contributed by atoms with van der Waals surface area (Å²) in [7, 11) is 1.61. The molecule has 1 unspecified atom stereocenters. The Hall–Kier alpha value is -3.94. The molecule has 0 saturated carbocycles. The van der Waals surface area contributed by atoms with Crippen molar-refractivity contribution in [1.29, 1.82) is 0 Å². The monoisotopic (exact) mass is 457 g/mol. The maximum atomic E-state index is 13.3. The molecule has 34 heavy (non-hydrogen) atoms. The first-order valence-corrected chi connectivity index (χ1v) is 11.3. The molecule has 174 valence electrons. The number of azo groups is 1. The number of hydrogen-bond acceptors (Lipinski definition) is 6. The van der Waals surface area contributed by atoms with E-state index in [1.54, 1.807) is 11.8 Å². The number of H-pyrrole nitrogens is 1. The molecule has 0 bridgehead atoms. The molecule has 3 aromatic rings. The summed E-state index contributed by atoms with van der Waals surface area (Å²) in [5, 5.41) is 14.8. The van der Waals surface area contributed by atoms with Gasteiger partial charge in [-0.2, -0.15) is 5.11 Å². The van der Waals surface area contributed by atoms with Crippen molar-refractivity contribution in [2.75, 3.05) is 12.4 Å². The third-order valence-electron chi connectivity index (χ3n) is 6.35. The number of aromatic nitrogens is 2. The lowest BCUT2D eigenvalue weighted by Gasteiger charge is -2.39. The van der Waals surface area contributed by atoms with Crippen LogP contribution in [0.5, 0.6) is 5.75 Å². The lowest BCUT2D eigenvalue weighted by molar-refractivity contribution is -0.118. The van der Waals surface area contributed by atoms with E-state index < -0.39 is 6.04 Å². The number of benzene rings is 2. The van der Waals surface area contributed by atoms with E-state index in [-0.39, 0.29) is 22.4 Å². The smallest absolute Gasteiger partial charge is 0.294 e. The molecule has 0 saturated heterocycles. The van der Waals surface area contributed by atoms with Crippen LogP contribution in [0.25, 0.3) is 0 Å². The predicted octanol–water partition coefficient (Wildman–Crippen LogP) is 5.57. The van der Waals surface area contributed by atoms with E-state index >= 15 is 0 Å². The van der Waals surface area contributed by atoms with Crippen molar-refractivity contribution in [3.05, 3.63) is 81.3 Å². The Balaban J connectivity index is 1.64. The SMILES string of the molecule is COc1ccc(C2C3=C(CC(C)(C)CC3=O)Nc3c(N=Nc4ccc(C)cc4)c(=O)[nH]n32)cc1. The molecular weight excluding hydrogens is 430 g/mol. The summed E-state index contributed by atoms with van der Waals surface area (Å²) in [6.07, 6.45) is 1.13. The lowest BCUT2D eigenvalue weighted by Crippen LogP contribution is -2.36. The Morgan fingerprint density at radius 1 is 1.00 bits per heavy atom. The number of ketones is 1. The van der Waals surface area contributed by atoms with Crippen LogP contribution in [0.2, 0.25) is 0 Å². The van der Waals surface area contributed by atoms with Crippen LogP contribution >= 0.6 is 0 Å². The normalized spacial score (nSPS) is 19.1. The van der Waals surface area contributed by atoms with Crippen LogP contribution in [0.3, 0.4) is 0 Å². The minimum absolute atomic E-state index is 0.0719. The minimum atomic E-state index is -0.475. The number of carbonyl (C=O) groups is 1. The number of hydrogen-bond donors (Lipinski definition) is 2. The van der Waals surface area contributed by atoms with Gasteiger partial charge in [0.15, 0.2) is 17.3 Å². The molecular formula is C26H27N5O3. The summed E-state index contributed by atoms with van der Waals surface area (Å²) >= 11 is 0. The van der Waals surface area contributed by atoms with Crippen molar-refractivity contribution in [1.82, 2.24) is 9.78 Å². The van der Waals surface area contributed by atoms with Gasteiger partial charge in [0.05, 0.1) is 12.8 Å². The van der Waals surface area contributed by atoms with Crippen LogP contribution in [0.15, 0.2) is 74.8 Å². The van der Waals surface area contributed by atoms with E-state index in [0.717, 1.165) is 22.6 Å². The zero-order valence-corrected chi connectivity index (χ0v) is 19.7. The van der Waals surface area contributed by atoms with E-state index in [4.69, 9.17) is 4.74 Å². The fraction of sp³-hybridized carbons (Fsp3) is 0.308. The van der Waals surface area contributed by atoms with Gasteiger partial charge in [-0.05, 0) is 48.6 Å². The van der Waals surface area contributed by atoms with E-state index in [2.05, 4.69) is 34.5 Å². The summed E-state index contributed by atoms with van der Waals surface area (Å²) in [6, 6.07) is 14.7. The molecule has 1 aliphatic carbocycles. The summed E-state index contributed by atoms with van der Waals surface area (Å²) in [4.78, 5) is 26.3. The average molecular weight is 458 g/mol. The number of aromatic amines is 1. The summed E-state index contributed by atoms with van der Waals surface area (Å²) in [6.45, 7) is 6.16. The highest BCUT2D eigenvalue weighted by Crippen LogP contribution is 2.47. The van der Waals surface area contributed by atoms with E-state index in [1.807, 2.05) is 55.5 Å². The molecule has 2 N–H and O–H groups in total. The van der Waals surface area contributed by atoms with Crippen LogP contribution in [0, 0.1) is 12.3 Å². The number of aryl methyl sites for hydroxylation is 1. The molecule has 2 aromatic carbocycles. The molecule has 1 aromatic heterocycles. The molecule has 0 fully saturated rings. The second kappa shape index (κ2) is 8.13. The van der Waals surface area contributed by atoms with E-state index in [9.17, 15) is 9.59 Å². The lowest BCUT2D eigenvalue weighted by atomic mass is 9.73. The Morgan fingerprint density at radius 3 is 2.38 bits per heavy atom. The first-order chi connectivity index (χ1) is 16.3. The van der Waals surface area contributed by atoms with Crippen molar-refractivity contribution >= 4 is 23.0 Å². The first-order valence-electron chi connectivity index (χ1n) is 11.3. The molecule has 8 heteroatoms. The van der Waals surface area contributed by atoms with Gasteiger partial charge >= 0.3 is 0 Å². The van der Waals surface area contributed by atoms with Crippen molar-refractivity contribution in [2.24, 2.45) is 15.6 Å². The Bertz CT molecular complexity index is 1380. The first kappa shape index (κ1) is 21.9. The Labute approximate surface area is 197 Å². The van der Waals surface area contributed by atoms with Crippen LogP contribution in [-0.4, -0.2) is 22.7 Å². The number of rotatable bonds is 4. The second-order valence-corrected chi connectivity index (χ2v) is 9.68. The van der Waals surface area contributed by atoms with Gasteiger partial charge in [-0.1, -0.05) is 43.7 Å². The van der Waals surface area contributed by atoms with Gasteiger partial charge in [-0.15, -0.1) is 5.11 Å². The number of methoxy groups -OCH3 is 1. The molecule has 0 radical (unpaired) electrons. The molecule has 1 aliphatic heterocycles. The van der Waals surface area contributed by atoms with Gasteiger partial charge in [0.1, 0.15) is 11.8 Å². The molecule has 2 heterocycles. The second-order valence-electron chi connectivity index (χ2n) is 9.68. The third kappa shape index (κ3) is 3.85. The maximum absolute atomic E-state index is 13.3. The van der Waals surface area contributed by atoms with Gasteiger partial charge in [0.25, 0.3) is 5.56 Å². The average Bonchev–Trinajstić information content (AvgIpc) is 3.11. The Morgan fingerprint density at radius 2 is 1.71 bits per heavy atom. The topological polar surface area (TPSA) is 101 Å². The Kier molecular flexibility index (Phi) is 5.23. The van der Waals surface area contributed by atoms with Gasteiger partial charge in [-0.25, -0.2) is 0 Å². The van der Waals surface area contributed by atoms with Gasteiger partial charge in [0, 0.05) is 17.7 Å². The van der Waals surface area contributed by atoms with Gasteiger partial charge < -0.3 is 10.1 Å². The van der Waals surface area contributed by atoms with Crippen molar-refractivity contribution < 1.29 is 9.53 Å². The number of anilines is 1.